The van der Waals surface area contributed by atoms with E-state index in [1.165, 1.54) is 7.11 Å². The van der Waals surface area contributed by atoms with Gasteiger partial charge >= 0.3 is 5.97 Å². The number of hydrogen-bond acceptors (Lipinski definition) is 5. The van der Waals surface area contributed by atoms with Gasteiger partial charge in [-0.2, -0.15) is 0 Å². The molecule has 0 unspecified atom stereocenters. The van der Waals surface area contributed by atoms with Gasteiger partial charge in [0.25, 0.3) is 0 Å². The van der Waals surface area contributed by atoms with Crippen molar-refractivity contribution >= 4 is 18.0 Å². The van der Waals surface area contributed by atoms with E-state index in [1.54, 1.807) is 13.1 Å². The van der Waals surface area contributed by atoms with Crippen molar-refractivity contribution in [3.63, 3.8) is 0 Å². The number of benzene rings is 1. The molecule has 1 rings (SSSR count). The minimum Gasteiger partial charge on any atom is -0.459 e. The average Bonchev–Trinajstić information content (AvgIpc) is 2.46. The summed E-state index contributed by atoms with van der Waals surface area (Å²) in [7, 11) is 1.47. The second kappa shape index (κ2) is 8.43. The highest BCUT2D eigenvalue weighted by molar-refractivity contribution is 6.02. The Morgan fingerprint density at radius 2 is 1.91 bits per heavy atom. The molecule has 0 amide bonds. The third-order valence-electron chi connectivity index (χ3n) is 2.81. The lowest BCUT2D eigenvalue weighted by molar-refractivity contribution is -0.156. The zero-order valence-electron chi connectivity index (χ0n) is 14.4. The first-order valence-electron chi connectivity index (χ1n) is 7.44. The van der Waals surface area contributed by atoms with Crippen molar-refractivity contribution in [2.24, 2.45) is 15.9 Å². The predicted octanol–water partition coefficient (Wildman–Crippen LogP) is 2.30. The van der Waals surface area contributed by atoms with Gasteiger partial charge < -0.3 is 15.3 Å². The van der Waals surface area contributed by atoms with Gasteiger partial charge in [0.2, 0.25) is 0 Å². The van der Waals surface area contributed by atoms with Crippen LogP contribution in [-0.2, 0) is 20.8 Å². The van der Waals surface area contributed by atoms with Crippen LogP contribution in [0, 0.1) is 0 Å². The number of esters is 1. The van der Waals surface area contributed by atoms with Gasteiger partial charge in [0.15, 0.2) is 5.84 Å². The minimum absolute atomic E-state index is 0.404. The van der Waals surface area contributed by atoms with E-state index >= 15 is 0 Å². The van der Waals surface area contributed by atoms with Gasteiger partial charge in [0.1, 0.15) is 18.8 Å². The maximum Gasteiger partial charge on any atom is 0.323 e. The highest BCUT2D eigenvalue weighted by atomic mass is 16.6. The van der Waals surface area contributed by atoms with E-state index in [0.717, 1.165) is 11.1 Å². The summed E-state index contributed by atoms with van der Waals surface area (Å²) in [4.78, 5) is 20.8. The van der Waals surface area contributed by atoms with Gasteiger partial charge in [-0.05, 0) is 39.7 Å². The van der Waals surface area contributed by atoms with Gasteiger partial charge in [-0.25, -0.2) is 4.99 Å². The summed E-state index contributed by atoms with van der Waals surface area (Å²) in [6, 6.07) is 6.80. The smallest absolute Gasteiger partial charge is 0.323 e. The van der Waals surface area contributed by atoms with Crippen molar-refractivity contribution in [1.82, 2.24) is 0 Å². The Hall–Kier alpha value is -2.21. The first kappa shape index (κ1) is 18.8. The van der Waals surface area contributed by atoms with Crippen LogP contribution in [0.5, 0.6) is 0 Å². The van der Waals surface area contributed by atoms with E-state index < -0.39 is 17.6 Å². The second-order valence-electron chi connectivity index (χ2n) is 6.03. The lowest BCUT2D eigenvalue weighted by Gasteiger charge is -2.22. The monoisotopic (exact) mass is 319 g/mol. The first-order valence-corrected chi connectivity index (χ1v) is 7.44. The topological polar surface area (TPSA) is 86.3 Å². The van der Waals surface area contributed by atoms with Gasteiger partial charge in [-0.3, -0.25) is 4.79 Å². The summed E-state index contributed by atoms with van der Waals surface area (Å²) in [5.41, 5.74) is 7.12. The quantitative estimate of drug-likeness (QED) is 0.390. The zero-order valence-corrected chi connectivity index (χ0v) is 14.4. The Labute approximate surface area is 137 Å². The summed E-state index contributed by atoms with van der Waals surface area (Å²) in [6.07, 6.45) is 2.05. The molecule has 0 bridgehead atoms. The molecular weight excluding hydrogens is 294 g/mol. The Kier molecular flexibility index (Phi) is 6.90. The Balaban J connectivity index is 2.77. The molecular formula is C17H25N3O3. The van der Waals surface area contributed by atoms with Crippen LogP contribution < -0.4 is 5.73 Å². The highest BCUT2D eigenvalue weighted by Gasteiger charge is 2.22. The van der Waals surface area contributed by atoms with Crippen LogP contribution in [0.25, 0.3) is 0 Å². The van der Waals surface area contributed by atoms with E-state index in [9.17, 15) is 4.79 Å². The third kappa shape index (κ3) is 6.61. The van der Waals surface area contributed by atoms with Crippen molar-refractivity contribution in [2.45, 2.75) is 45.8 Å². The fourth-order valence-corrected chi connectivity index (χ4v) is 1.86. The number of nitrogens with two attached hydrogens (primary N) is 1. The number of hydrogen-bond donors (Lipinski definition) is 1. The second-order valence-corrected chi connectivity index (χ2v) is 6.03. The molecule has 1 atom stereocenters. The fraction of sp³-hybridized carbons (Fsp3) is 0.471. The molecule has 2 N–H and O–H groups in total. The largest absolute Gasteiger partial charge is 0.459 e. The lowest BCUT2D eigenvalue weighted by Crippen LogP contribution is -2.38. The van der Waals surface area contributed by atoms with Crippen LogP contribution in [-0.4, -0.2) is 36.8 Å². The maximum absolute atomic E-state index is 11.9. The maximum atomic E-state index is 11.9. The number of oxime groups is 1. The van der Waals surface area contributed by atoms with Crippen molar-refractivity contribution in [2.75, 3.05) is 7.11 Å². The molecule has 6 heteroatoms. The summed E-state index contributed by atoms with van der Waals surface area (Å²) in [5.74, 6) is 0.0804. The molecule has 126 valence electrons. The van der Waals surface area contributed by atoms with Crippen LogP contribution in [0.4, 0.5) is 0 Å². The Morgan fingerprint density at radius 1 is 1.30 bits per heavy atom. The minimum atomic E-state index is -0.694. The molecule has 0 heterocycles. The normalized spacial score (nSPS) is 13.9. The molecule has 0 aromatic heterocycles. The van der Waals surface area contributed by atoms with Gasteiger partial charge in [0.05, 0.1) is 0 Å². The lowest BCUT2D eigenvalue weighted by atomic mass is 10.0. The van der Waals surface area contributed by atoms with E-state index in [-0.39, 0.29) is 0 Å². The van der Waals surface area contributed by atoms with Crippen molar-refractivity contribution < 1.29 is 14.4 Å². The molecule has 0 spiro atoms. The van der Waals surface area contributed by atoms with Gasteiger partial charge in [-0.1, -0.05) is 29.4 Å². The number of carbonyl (C=O) groups is 1. The highest BCUT2D eigenvalue weighted by Crippen LogP contribution is 2.12. The van der Waals surface area contributed by atoms with Crippen LogP contribution in [0.3, 0.4) is 0 Å². The molecule has 23 heavy (non-hydrogen) atoms. The first-order chi connectivity index (χ1) is 10.8. The number of amidine groups is 1. The molecule has 0 saturated carbocycles. The van der Waals surface area contributed by atoms with Crippen molar-refractivity contribution in [3.05, 3.63) is 35.4 Å². The van der Waals surface area contributed by atoms with E-state index in [1.807, 2.05) is 45.0 Å². The predicted molar refractivity (Wildman–Crippen MR) is 91.7 cm³/mol. The average molecular weight is 319 g/mol. The summed E-state index contributed by atoms with van der Waals surface area (Å²) in [5, 5.41) is 3.86. The number of ether oxygens (including phenoxy) is 1. The van der Waals surface area contributed by atoms with Crippen molar-refractivity contribution in [1.29, 1.82) is 0 Å². The zero-order chi connectivity index (χ0) is 17.5. The Bertz CT molecular complexity index is 572. The van der Waals surface area contributed by atoms with Crippen LogP contribution in [0.1, 0.15) is 38.8 Å². The van der Waals surface area contributed by atoms with Crippen LogP contribution >= 0.6 is 0 Å². The van der Waals surface area contributed by atoms with Gasteiger partial charge in [-0.15, -0.1) is 0 Å². The van der Waals surface area contributed by atoms with Crippen LogP contribution in [0.2, 0.25) is 0 Å². The standard InChI is InChI=1S/C17H25N3O3/c1-6-19-15(20-22-5)13-9-7-12(8-10-13)11-14(18)16(21)23-17(2,3)4/h6-10,14H,11,18H2,1-5H3/b19-6-,20-15-/t14-/m0/s1. The molecule has 1 aromatic rings. The number of aliphatic imine (C=N–C) groups is 1. The molecule has 0 fully saturated rings. The SMILES string of the molecule is C/C=N\C(=N/OC)c1ccc(C[C@H](N)C(=O)OC(C)(C)C)cc1. The van der Waals surface area contributed by atoms with Crippen LogP contribution in [0.15, 0.2) is 34.4 Å². The number of rotatable bonds is 5. The summed E-state index contributed by atoms with van der Waals surface area (Å²) >= 11 is 0. The molecule has 0 aliphatic carbocycles. The molecule has 0 aliphatic heterocycles. The Morgan fingerprint density at radius 3 is 2.39 bits per heavy atom. The summed E-state index contributed by atoms with van der Waals surface area (Å²) < 4.78 is 5.28. The number of carbonyl (C=O) groups excluding carboxylic acids is 1. The molecule has 0 radical (unpaired) electrons. The summed E-state index contributed by atoms with van der Waals surface area (Å²) in [6.45, 7) is 7.26. The number of nitrogens with zero attached hydrogens (tertiary/aromatic N) is 2. The molecule has 0 saturated heterocycles. The third-order valence-corrected chi connectivity index (χ3v) is 2.81. The fourth-order valence-electron chi connectivity index (χ4n) is 1.86. The van der Waals surface area contributed by atoms with E-state index in [0.29, 0.717) is 12.3 Å². The molecule has 0 aliphatic rings. The van der Waals surface area contributed by atoms with E-state index in [2.05, 4.69) is 10.1 Å². The van der Waals surface area contributed by atoms with E-state index in [4.69, 9.17) is 15.3 Å². The molecule has 1 aromatic carbocycles. The molecule has 6 nitrogen and oxygen atoms in total. The van der Waals surface area contributed by atoms with Gasteiger partial charge in [0, 0.05) is 11.8 Å². The van der Waals surface area contributed by atoms with Crippen molar-refractivity contribution in [3.8, 4) is 0 Å².